The molecule has 0 bridgehead atoms. The van der Waals surface area contributed by atoms with E-state index in [1.165, 1.54) is 0 Å². The van der Waals surface area contributed by atoms with Gasteiger partial charge in [-0.05, 0) is 59.5 Å². The molecule has 1 aliphatic heterocycles. The summed E-state index contributed by atoms with van der Waals surface area (Å²) in [4.78, 5) is 23.0. The predicted molar refractivity (Wildman–Crippen MR) is 113 cm³/mol. The number of benzene rings is 1. The smallest absolute Gasteiger partial charge is 0.480 e. The normalized spacial score (nSPS) is 18.7. The molecule has 30 heavy (non-hydrogen) atoms. The minimum atomic E-state index is -1.08. The second kappa shape index (κ2) is 8.95. The van der Waals surface area contributed by atoms with Crippen LogP contribution in [0.25, 0.3) is 0 Å². The number of nitrogens with one attached hydrogen (secondary N) is 1. The van der Waals surface area contributed by atoms with Gasteiger partial charge in [-0.3, -0.25) is 0 Å². The molecule has 0 radical (unpaired) electrons. The van der Waals surface area contributed by atoms with Crippen molar-refractivity contribution in [1.29, 1.82) is 0 Å². The summed E-state index contributed by atoms with van der Waals surface area (Å²) in [7, 11) is -0.496. The first-order chi connectivity index (χ1) is 13.7. The monoisotopic (exact) mass is 421 g/mol. The molecule has 1 amide bonds. The fourth-order valence-corrected chi connectivity index (χ4v) is 2.80. The van der Waals surface area contributed by atoms with Crippen LogP contribution in [0.3, 0.4) is 0 Å². The minimum Gasteiger partial charge on any atom is -0.480 e. The Morgan fingerprint density at radius 3 is 2.10 bits per heavy atom. The number of aliphatic carboxylic acids is 1. The van der Waals surface area contributed by atoms with Gasteiger partial charge < -0.3 is 29.2 Å². The van der Waals surface area contributed by atoms with E-state index in [4.69, 9.17) is 23.9 Å². The first-order valence-corrected chi connectivity index (χ1v) is 9.95. The number of carboxylic acid groups (broad SMARTS) is 1. The zero-order chi connectivity index (χ0) is 22.7. The number of carbonyl (C=O) groups is 2. The van der Waals surface area contributed by atoms with E-state index in [1.807, 2.05) is 52.0 Å². The average Bonchev–Trinajstić information content (AvgIpc) is 2.80. The number of hydrogen-bond acceptors (Lipinski definition) is 6. The zero-order valence-electron chi connectivity index (χ0n) is 18.8. The highest BCUT2D eigenvalue weighted by Crippen LogP contribution is 2.36. The number of amides is 1. The van der Waals surface area contributed by atoms with Crippen molar-refractivity contribution in [3.8, 4) is 0 Å². The Balaban J connectivity index is 2.13. The van der Waals surface area contributed by atoms with Gasteiger partial charge in [-0.1, -0.05) is 24.3 Å². The maximum Gasteiger partial charge on any atom is 0.494 e. The maximum absolute atomic E-state index is 12.2. The van der Waals surface area contributed by atoms with E-state index in [-0.39, 0.29) is 6.61 Å². The number of alkyl carbamates (subject to hydrolysis) is 1. The summed E-state index contributed by atoms with van der Waals surface area (Å²) in [5, 5.41) is 11.5. The molecule has 0 aromatic heterocycles. The van der Waals surface area contributed by atoms with Gasteiger partial charge in [0, 0.05) is 0 Å². The Morgan fingerprint density at radius 1 is 1.10 bits per heavy atom. The lowest BCUT2D eigenvalue weighted by Crippen LogP contribution is -2.41. The van der Waals surface area contributed by atoms with Crippen LogP contribution in [0.15, 0.2) is 24.3 Å². The van der Waals surface area contributed by atoms with Crippen LogP contribution in [0.4, 0.5) is 4.79 Å². The van der Waals surface area contributed by atoms with Gasteiger partial charge in [-0.25, -0.2) is 9.59 Å². The third-order valence-electron chi connectivity index (χ3n) is 5.07. The highest BCUT2D eigenvalue weighted by molar-refractivity contribution is 6.62. The molecule has 2 N–H and O–H groups in total. The molecule has 1 aromatic rings. The summed E-state index contributed by atoms with van der Waals surface area (Å²) >= 11 is 0. The van der Waals surface area contributed by atoms with Crippen molar-refractivity contribution in [3.05, 3.63) is 29.8 Å². The Labute approximate surface area is 178 Å². The topological polar surface area (TPSA) is 103 Å². The molecule has 1 fully saturated rings. The summed E-state index contributed by atoms with van der Waals surface area (Å²) in [5.74, 6) is -1.08. The van der Waals surface area contributed by atoms with E-state index in [2.05, 4.69) is 5.32 Å². The standard InChI is InChI=1S/C21H32BNO7/c1-19(2,3)28-18(26)23-16(12-27-13-17(24)25)14-8-10-15(11-9-14)22-29-20(4,5)21(6,7)30-22/h8-11,16H,12-13H2,1-7H3,(H,23,26)(H,24,25). The fourth-order valence-electron chi connectivity index (χ4n) is 2.80. The summed E-state index contributed by atoms with van der Waals surface area (Å²) < 4.78 is 22.6. The molecular weight excluding hydrogens is 389 g/mol. The molecule has 0 spiro atoms. The van der Waals surface area contributed by atoms with Crippen LogP contribution >= 0.6 is 0 Å². The van der Waals surface area contributed by atoms with E-state index in [1.54, 1.807) is 20.8 Å². The Kier molecular flexibility index (Phi) is 7.22. The molecular formula is C21H32BNO7. The van der Waals surface area contributed by atoms with Crippen LogP contribution in [0.2, 0.25) is 0 Å². The largest absolute Gasteiger partial charge is 0.494 e. The second-order valence-electron chi connectivity index (χ2n) is 9.36. The number of rotatable bonds is 7. The summed E-state index contributed by atoms with van der Waals surface area (Å²) in [6, 6.07) is 6.79. The van der Waals surface area contributed by atoms with Gasteiger partial charge in [-0.2, -0.15) is 0 Å². The van der Waals surface area contributed by atoms with Crippen LogP contribution in [0, 0.1) is 0 Å². The lowest BCUT2D eigenvalue weighted by Gasteiger charge is -2.32. The Bertz CT molecular complexity index is 740. The van der Waals surface area contributed by atoms with E-state index in [9.17, 15) is 9.59 Å². The van der Waals surface area contributed by atoms with Crippen LogP contribution in [-0.4, -0.2) is 54.3 Å². The lowest BCUT2D eigenvalue weighted by atomic mass is 9.78. The first kappa shape index (κ1) is 24.2. The van der Waals surface area contributed by atoms with Gasteiger partial charge in [0.1, 0.15) is 12.2 Å². The third kappa shape index (κ3) is 6.45. The summed E-state index contributed by atoms with van der Waals surface area (Å²) in [6.45, 7) is 12.8. The molecule has 0 saturated carbocycles. The molecule has 1 saturated heterocycles. The van der Waals surface area contributed by atoms with E-state index < -0.39 is 48.6 Å². The van der Waals surface area contributed by atoms with Gasteiger partial charge in [-0.15, -0.1) is 0 Å². The zero-order valence-corrected chi connectivity index (χ0v) is 18.8. The predicted octanol–water partition coefficient (Wildman–Crippen LogP) is 2.65. The molecule has 1 heterocycles. The average molecular weight is 421 g/mol. The maximum atomic E-state index is 12.2. The third-order valence-corrected chi connectivity index (χ3v) is 5.07. The van der Waals surface area contributed by atoms with Gasteiger partial charge in [0.2, 0.25) is 0 Å². The molecule has 1 aromatic carbocycles. The van der Waals surface area contributed by atoms with Crippen molar-refractivity contribution in [2.45, 2.75) is 71.3 Å². The Morgan fingerprint density at radius 2 is 1.63 bits per heavy atom. The Hall–Kier alpha value is -2.10. The first-order valence-electron chi connectivity index (χ1n) is 9.95. The molecule has 2 rings (SSSR count). The van der Waals surface area contributed by atoms with Gasteiger partial charge in [0.05, 0.1) is 23.9 Å². The van der Waals surface area contributed by atoms with Crippen molar-refractivity contribution < 1.29 is 33.5 Å². The van der Waals surface area contributed by atoms with Gasteiger partial charge >= 0.3 is 19.2 Å². The highest BCUT2D eigenvalue weighted by atomic mass is 16.7. The SMILES string of the molecule is CC(C)(C)OC(=O)NC(COCC(=O)O)c1ccc(B2OC(C)(C)C(C)(C)O2)cc1. The molecule has 166 valence electrons. The molecule has 1 atom stereocenters. The molecule has 8 nitrogen and oxygen atoms in total. The number of ether oxygens (including phenoxy) is 2. The fraction of sp³-hybridized carbons (Fsp3) is 0.619. The quantitative estimate of drug-likeness (QED) is 0.653. The number of carboxylic acids is 1. The van der Waals surface area contributed by atoms with E-state index in [0.29, 0.717) is 0 Å². The van der Waals surface area contributed by atoms with Crippen LogP contribution < -0.4 is 10.8 Å². The number of hydrogen-bond donors (Lipinski definition) is 2. The summed E-state index contributed by atoms with van der Waals surface area (Å²) in [5.41, 5.74) is 0.0484. The molecule has 0 aliphatic carbocycles. The summed E-state index contributed by atoms with van der Waals surface area (Å²) in [6.07, 6.45) is -0.610. The van der Waals surface area contributed by atoms with Crippen molar-refractivity contribution in [2.75, 3.05) is 13.2 Å². The second-order valence-corrected chi connectivity index (χ2v) is 9.36. The van der Waals surface area contributed by atoms with Crippen LogP contribution in [-0.2, 0) is 23.6 Å². The van der Waals surface area contributed by atoms with Crippen molar-refractivity contribution in [3.63, 3.8) is 0 Å². The van der Waals surface area contributed by atoms with Crippen molar-refractivity contribution >= 4 is 24.6 Å². The van der Waals surface area contributed by atoms with Crippen LogP contribution in [0.5, 0.6) is 0 Å². The minimum absolute atomic E-state index is 0.0125. The molecule has 1 unspecified atom stereocenters. The van der Waals surface area contributed by atoms with Gasteiger partial charge in [0.15, 0.2) is 0 Å². The van der Waals surface area contributed by atoms with E-state index >= 15 is 0 Å². The highest BCUT2D eigenvalue weighted by Gasteiger charge is 2.51. The molecule has 9 heteroatoms. The molecule has 1 aliphatic rings. The van der Waals surface area contributed by atoms with E-state index in [0.717, 1.165) is 11.0 Å². The van der Waals surface area contributed by atoms with Crippen molar-refractivity contribution in [1.82, 2.24) is 5.32 Å². The lowest BCUT2D eigenvalue weighted by molar-refractivity contribution is -0.142. The number of carbonyl (C=O) groups excluding carboxylic acids is 1. The van der Waals surface area contributed by atoms with Crippen molar-refractivity contribution in [2.24, 2.45) is 0 Å². The van der Waals surface area contributed by atoms with Gasteiger partial charge in [0.25, 0.3) is 0 Å². The van der Waals surface area contributed by atoms with Crippen LogP contribution in [0.1, 0.15) is 60.1 Å².